The molecule has 1 aromatic rings. The first kappa shape index (κ1) is 17.0. The Morgan fingerprint density at radius 1 is 1.04 bits per heavy atom. The molecule has 0 saturated heterocycles. The van der Waals surface area contributed by atoms with Crippen LogP contribution in [0.2, 0.25) is 0 Å². The van der Waals surface area contributed by atoms with Gasteiger partial charge in [-0.25, -0.2) is 0 Å². The fraction of sp³-hybridized carbons (Fsp3) is 0.708. The lowest BCUT2D eigenvalue weighted by atomic mass is 9.49. The Balaban J connectivity index is 1.40. The molecule has 0 radical (unpaired) electrons. The van der Waals surface area contributed by atoms with Crippen LogP contribution < -0.4 is 0 Å². The number of hydrogen-bond donors (Lipinski definition) is 1. The van der Waals surface area contributed by atoms with Crippen LogP contribution in [0.15, 0.2) is 30.6 Å². The maximum Gasteiger partial charge on any atom is 0.0622 e. The molecule has 0 spiro atoms. The van der Waals surface area contributed by atoms with Gasteiger partial charge in [-0.3, -0.25) is 4.98 Å². The van der Waals surface area contributed by atoms with Gasteiger partial charge in [0.15, 0.2) is 0 Å². The molecule has 2 heteroatoms. The van der Waals surface area contributed by atoms with E-state index in [0.717, 1.165) is 42.4 Å². The summed E-state index contributed by atoms with van der Waals surface area (Å²) in [6.45, 7) is 4.60. The third kappa shape index (κ3) is 2.52. The van der Waals surface area contributed by atoms with Crippen molar-refractivity contribution in [1.82, 2.24) is 4.98 Å². The van der Waals surface area contributed by atoms with Crippen LogP contribution in [-0.2, 0) is 0 Å². The van der Waals surface area contributed by atoms with Gasteiger partial charge in [-0.05, 0) is 110 Å². The minimum atomic E-state index is -0.403. The topological polar surface area (TPSA) is 33.1 Å². The quantitative estimate of drug-likeness (QED) is 0.727. The predicted molar refractivity (Wildman–Crippen MR) is 105 cm³/mol. The first-order valence-corrected chi connectivity index (χ1v) is 10.8. The van der Waals surface area contributed by atoms with Crippen molar-refractivity contribution in [2.75, 3.05) is 0 Å². The Bertz CT molecular complexity index is 708. The second kappa shape index (κ2) is 5.92. The summed E-state index contributed by atoms with van der Waals surface area (Å²) in [5.74, 6) is 4.27. The van der Waals surface area contributed by atoms with Gasteiger partial charge < -0.3 is 5.11 Å². The zero-order valence-corrected chi connectivity index (χ0v) is 16.3. The van der Waals surface area contributed by atoms with Crippen LogP contribution >= 0.6 is 0 Å². The van der Waals surface area contributed by atoms with E-state index >= 15 is 0 Å². The van der Waals surface area contributed by atoms with Crippen molar-refractivity contribution in [2.45, 2.75) is 70.8 Å². The molecule has 5 rings (SSSR count). The number of pyridine rings is 1. The first-order valence-electron chi connectivity index (χ1n) is 10.8. The maximum atomic E-state index is 10.5. The molecule has 3 saturated carbocycles. The molecule has 7 atom stereocenters. The van der Waals surface area contributed by atoms with Crippen molar-refractivity contribution in [3.05, 3.63) is 36.2 Å². The first-order chi connectivity index (χ1) is 12.5. The molecular formula is C24H33NO. The smallest absolute Gasteiger partial charge is 0.0622 e. The molecule has 0 aromatic carbocycles. The monoisotopic (exact) mass is 351 g/mol. The average Bonchev–Trinajstić information content (AvgIpc) is 2.98. The van der Waals surface area contributed by atoms with Gasteiger partial charge in [0.1, 0.15) is 0 Å². The van der Waals surface area contributed by atoms with Crippen molar-refractivity contribution in [2.24, 2.45) is 35.0 Å². The Hall–Kier alpha value is -1.15. The Morgan fingerprint density at radius 2 is 1.88 bits per heavy atom. The lowest BCUT2D eigenvalue weighted by molar-refractivity contribution is -0.0886. The van der Waals surface area contributed by atoms with Gasteiger partial charge in [-0.15, -0.1) is 0 Å². The van der Waals surface area contributed by atoms with E-state index in [-0.39, 0.29) is 0 Å². The van der Waals surface area contributed by atoms with Crippen molar-refractivity contribution >= 4 is 5.57 Å². The van der Waals surface area contributed by atoms with Crippen LogP contribution in [0.4, 0.5) is 0 Å². The van der Waals surface area contributed by atoms with Gasteiger partial charge in [0.05, 0.1) is 5.60 Å². The molecular weight excluding hydrogens is 318 g/mol. The lowest BCUT2D eigenvalue weighted by Crippen LogP contribution is -2.50. The maximum absolute atomic E-state index is 10.5. The minimum absolute atomic E-state index is 0.344. The second-order valence-electron chi connectivity index (χ2n) is 10.2. The molecule has 3 fully saturated rings. The summed E-state index contributed by atoms with van der Waals surface area (Å²) in [6, 6.07) is 4.33. The fourth-order valence-electron chi connectivity index (χ4n) is 7.62. The summed E-state index contributed by atoms with van der Waals surface area (Å²) in [6.07, 6.45) is 16.5. The highest BCUT2D eigenvalue weighted by atomic mass is 16.3. The number of rotatable bonds is 1. The van der Waals surface area contributed by atoms with Crippen LogP contribution in [0.1, 0.15) is 70.8 Å². The summed E-state index contributed by atoms with van der Waals surface area (Å²) < 4.78 is 0. The molecule has 26 heavy (non-hydrogen) atoms. The predicted octanol–water partition coefficient (Wildman–Crippen LogP) is 5.48. The molecule has 1 aromatic heterocycles. The molecule has 0 aliphatic heterocycles. The summed E-state index contributed by atoms with van der Waals surface area (Å²) in [4.78, 5) is 4.38. The van der Waals surface area contributed by atoms with Crippen molar-refractivity contribution in [3.63, 3.8) is 0 Å². The van der Waals surface area contributed by atoms with E-state index in [0.29, 0.717) is 5.41 Å². The molecule has 4 aliphatic carbocycles. The van der Waals surface area contributed by atoms with Gasteiger partial charge >= 0.3 is 0 Å². The second-order valence-corrected chi connectivity index (χ2v) is 10.2. The number of fused-ring (bicyclic) bond motifs is 5. The van der Waals surface area contributed by atoms with Crippen molar-refractivity contribution < 1.29 is 5.11 Å². The van der Waals surface area contributed by atoms with E-state index in [1.165, 1.54) is 44.1 Å². The zero-order valence-electron chi connectivity index (χ0n) is 16.3. The minimum Gasteiger partial charge on any atom is -0.390 e. The van der Waals surface area contributed by atoms with E-state index in [1.54, 1.807) is 5.57 Å². The van der Waals surface area contributed by atoms with Crippen LogP contribution in [0.3, 0.4) is 0 Å². The van der Waals surface area contributed by atoms with Gasteiger partial charge in [-0.1, -0.05) is 19.1 Å². The Kier molecular flexibility index (Phi) is 3.87. The molecule has 0 unspecified atom stereocenters. The molecule has 4 aliphatic rings. The normalized spacial score (nSPS) is 47.5. The van der Waals surface area contributed by atoms with Crippen molar-refractivity contribution in [1.29, 1.82) is 0 Å². The van der Waals surface area contributed by atoms with E-state index in [4.69, 9.17) is 0 Å². The zero-order chi connectivity index (χ0) is 17.9. The highest BCUT2D eigenvalue weighted by Gasteiger charge is 2.55. The number of aromatic nitrogens is 1. The highest BCUT2D eigenvalue weighted by Crippen LogP contribution is 2.64. The van der Waals surface area contributed by atoms with E-state index in [9.17, 15) is 5.11 Å². The summed E-state index contributed by atoms with van der Waals surface area (Å²) in [5, 5.41) is 10.5. The van der Waals surface area contributed by atoms with Gasteiger partial charge in [0, 0.05) is 12.4 Å². The fourth-order valence-corrected chi connectivity index (χ4v) is 7.62. The van der Waals surface area contributed by atoms with Gasteiger partial charge in [0.25, 0.3) is 0 Å². The largest absolute Gasteiger partial charge is 0.390 e. The lowest BCUT2D eigenvalue weighted by Gasteiger charge is -2.56. The summed E-state index contributed by atoms with van der Waals surface area (Å²) in [7, 11) is 0. The Labute approximate surface area is 158 Å². The molecule has 140 valence electrons. The standard InChI is InChI=1S/C24H33NO/c1-23(26)11-9-18-16(14-23)5-6-20-19(18)10-12-24(2)21(7-8-22(20)24)17-4-3-13-25-15-17/h3-4,7,13,15-16,18-20,22,26H,5-6,8-12,14H2,1-2H3/t16-,18+,19-,20-,22+,23-,24-/m1/s1. The summed E-state index contributed by atoms with van der Waals surface area (Å²) in [5.41, 5.74) is 2.86. The average molecular weight is 352 g/mol. The molecule has 0 bridgehead atoms. The number of allylic oxidation sites excluding steroid dienone is 2. The third-order valence-corrected chi connectivity index (χ3v) is 8.79. The van der Waals surface area contributed by atoms with Crippen LogP contribution in [-0.4, -0.2) is 15.7 Å². The summed E-state index contributed by atoms with van der Waals surface area (Å²) >= 11 is 0. The van der Waals surface area contributed by atoms with Gasteiger partial charge in [-0.2, -0.15) is 0 Å². The van der Waals surface area contributed by atoms with Crippen LogP contribution in [0, 0.1) is 35.0 Å². The molecule has 2 nitrogen and oxygen atoms in total. The van der Waals surface area contributed by atoms with Crippen LogP contribution in [0.25, 0.3) is 5.57 Å². The van der Waals surface area contributed by atoms with E-state index in [1.807, 2.05) is 6.20 Å². The van der Waals surface area contributed by atoms with E-state index in [2.05, 4.69) is 43.2 Å². The highest BCUT2D eigenvalue weighted by molar-refractivity contribution is 5.72. The van der Waals surface area contributed by atoms with Gasteiger partial charge in [0.2, 0.25) is 0 Å². The molecule has 1 heterocycles. The Morgan fingerprint density at radius 3 is 2.69 bits per heavy atom. The third-order valence-electron chi connectivity index (χ3n) is 8.79. The molecule has 0 amide bonds. The number of aliphatic hydroxyl groups is 1. The number of hydrogen-bond acceptors (Lipinski definition) is 2. The van der Waals surface area contributed by atoms with Crippen LogP contribution in [0.5, 0.6) is 0 Å². The SMILES string of the molecule is C[C@@]1(O)CC[C@H]2[C@H](CC[C@@H]3[C@@H]2CC[C@]2(C)C(c4cccnc4)=CC[C@@H]32)C1. The number of nitrogens with zero attached hydrogens (tertiary/aromatic N) is 1. The van der Waals surface area contributed by atoms with E-state index < -0.39 is 5.60 Å². The van der Waals surface area contributed by atoms with Crippen molar-refractivity contribution in [3.8, 4) is 0 Å². The molecule has 1 N–H and O–H groups in total.